The highest BCUT2D eigenvalue weighted by atomic mass is 32.2. The first-order valence-corrected chi connectivity index (χ1v) is 7.99. The lowest BCUT2D eigenvalue weighted by Crippen LogP contribution is -2.28. The molecule has 0 aliphatic heterocycles. The first kappa shape index (κ1) is 16.0. The normalized spacial score (nSPS) is 13.5. The maximum Gasteiger partial charge on any atom is 0.220 e. The number of ether oxygens (including phenoxy) is 1. The van der Waals surface area contributed by atoms with Crippen LogP contribution in [-0.4, -0.2) is 33.9 Å². The number of rotatable bonds is 7. The Morgan fingerprint density at radius 2 is 2.00 bits per heavy atom. The Bertz CT molecular complexity index is 497. The van der Waals surface area contributed by atoms with Gasteiger partial charge in [-0.2, -0.15) is 0 Å². The summed E-state index contributed by atoms with van der Waals surface area (Å²) in [4.78, 5) is 0. The molecular formula is C14H23NO3S. The van der Waals surface area contributed by atoms with E-state index in [9.17, 15) is 8.42 Å². The summed E-state index contributed by atoms with van der Waals surface area (Å²) in [5, 5.41) is -0.502. The first-order chi connectivity index (χ1) is 8.93. The molecule has 19 heavy (non-hydrogen) atoms. The van der Waals surface area contributed by atoms with Crippen LogP contribution in [0.4, 0.5) is 0 Å². The molecule has 0 saturated heterocycles. The second-order valence-electron chi connectivity index (χ2n) is 4.73. The van der Waals surface area contributed by atoms with E-state index < -0.39 is 15.3 Å². The predicted octanol–water partition coefficient (Wildman–Crippen LogP) is 2.82. The van der Waals surface area contributed by atoms with E-state index in [4.69, 9.17) is 4.74 Å². The van der Waals surface area contributed by atoms with Gasteiger partial charge in [0.05, 0.1) is 7.11 Å². The third-order valence-corrected chi connectivity index (χ3v) is 5.40. The van der Waals surface area contributed by atoms with E-state index in [0.29, 0.717) is 12.2 Å². The van der Waals surface area contributed by atoms with Gasteiger partial charge in [-0.05, 0) is 24.1 Å². The van der Waals surface area contributed by atoms with Gasteiger partial charge in [0.15, 0.2) is 0 Å². The molecular weight excluding hydrogens is 262 g/mol. The number of nitrogens with zero attached hydrogens (tertiary/aromatic N) is 1. The summed E-state index contributed by atoms with van der Waals surface area (Å²) in [7, 11) is 1.43. The molecule has 0 bridgehead atoms. The fraction of sp³-hybridized carbons (Fsp3) is 0.571. The summed E-state index contributed by atoms with van der Waals surface area (Å²) >= 11 is 0. The highest BCUT2D eigenvalue weighted by Crippen LogP contribution is 2.31. The van der Waals surface area contributed by atoms with Crippen LogP contribution in [0.5, 0.6) is 5.75 Å². The molecule has 0 amide bonds. The minimum absolute atomic E-state index is 0.502. The van der Waals surface area contributed by atoms with E-state index in [-0.39, 0.29) is 0 Å². The van der Waals surface area contributed by atoms with Crippen LogP contribution < -0.4 is 4.74 Å². The quantitative estimate of drug-likeness (QED) is 0.774. The molecule has 108 valence electrons. The number of unbranched alkanes of at least 4 members (excludes halogenated alkanes) is 1. The van der Waals surface area contributed by atoms with Crippen LogP contribution in [0.15, 0.2) is 24.3 Å². The monoisotopic (exact) mass is 285 g/mol. The molecule has 1 rings (SSSR count). The van der Waals surface area contributed by atoms with Crippen molar-refractivity contribution >= 4 is 10.0 Å². The van der Waals surface area contributed by atoms with Gasteiger partial charge in [-0.3, -0.25) is 0 Å². The zero-order valence-corrected chi connectivity index (χ0v) is 12.9. The third kappa shape index (κ3) is 3.94. The van der Waals surface area contributed by atoms with Crippen LogP contribution in [0.3, 0.4) is 0 Å². The lowest BCUT2D eigenvalue weighted by molar-refractivity contribution is 0.414. The Morgan fingerprint density at radius 1 is 1.32 bits per heavy atom. The highest BCUT2D eigenvalue weighted by molar-refractivity contribution is 7.89. The van der Waals surface area contributed by atoms with E-state index in [0.717, 1.165) is 18.4 Å². The molecule has 0 unspecified atom stereocenters. The Morgan fingerprint density at radius 3 is 2.53 bits per heavy atom. The number of benzene rings is 1. The van der Waals surface area contributed by atoms with Crippen molar-refractivity contribution in [2.24, 2.45) is 0 Å². The topological polar surface area (TPSA) is 46.6 Å². The number of hydrogen-bond acceptors (Lipinski definition) is 3. The van der Waals surface area contributed by atoms with Gasteiger partial charge in [-0.15, -0.1) is 0 Å². The van der Waals surface area contributed by atoms with Crippen molar-refractivity contribution in [2.75, 3.05) is 21.2 Å². The molecule has 0 fully saturated rings. The zero-order chi connectivity index (χ0) is 14.5. The van der Waals surface area contributed by atoms with Crippen molar-refractivity contribution in [3.05, 3.63) is 29.8 Å². The second kappa shape index (κ2) is 6.91. The average Bonchev–Trinajstić information content (AvgIpc) is 2.39. The van der Waals surface area contributed by atoms with Crippen LogP contribution in [0.2, 0.25) is 0 Å². The molecule has 0 saturated carbocycles. The molecule has 0 spiro atoms. The SMILES string of the molecule is CCCC[C@@H](c1cccc(OC)c1)S(=O)(=O)N(C)C. The largest absolute Gasteiger partial charge is 0.497 e. The average molecular weight is 285 g/mol. The van der Waals surface area contributed by atoms with E-state index in [1.807, 2.05) is 18.2 Å². The number of hydrogen-bond donors (Lipinski definition) is 0. The van der Waals surface area contributed by atoms with Gasteiger partial charge in [0.1, 0.15) is 11.0 Å². The molecule has 0 N–H and O–H groups in total. The third-order valence-electron chi connectivity index (χ3n) is 3.15. The molecule has 0 aromatic heterocycles. The van der Waals surface area contributed by atoms with Gasteiger partial charge in [0.2, 0.25) is 10.0 Å². The van der Waals surface area contributed by atoms with Crippen LogP contribution in [0.1, 0.15) is 37.0 Å². The standard InChI is InChI=1S/C14H23NO3S/c1-5-6-10-14(19(16,17)15(2)3)12-8-7-9-13(11-12)18-4/h7-9,11,14H,5-6,10H2,1-4H3/t14-/m0/s1. The molecule has 0 heterocycles. The summed E-state index contributed by atoms with van der Waals surface area (Å²) in [5.74, 6) is 0.688. The van der Waals surface area contributed by atoms with Gasteiger partial charge in [-0.1, -0.05) is 31.9 Å². The van der Waals surface area contributed by atoms with E-state index in [1.165, 1.54) is 4.31 Å². The van der Waals surface area contributed by atoms with E-state index in [2.05, 4.69) is 6.92 Å². The summed E-state index contributed by atoms with van der Waals surface area (Å²) in [6.45, 7) is 2.06. The van der Waals surface area contributed by atoms with Crippen molar-refractivity contribution in [3.63, 3.8) is 0 Å². The van der Waals surface area contributed by atoms with Crippen molar-refractivity contribution < 1.29 is 13.2 Å². The molecule has 0 radical (unpaired) electrons. The van der Waals surface area contributed by atoms with Crippen molar-refractivity contribution in [2.45, 2.75) is 31.4 Å². The van der Waals surface area contributed by atoms with Gasteiger partial charge in [-0.25, -0.2) is 12.7 Å². The van der Waals surface area contributed by atoms with Crippen LogP contribution in [-0.2, 0) is 10.0 Å². The Kier molecular flexibility index (Phi) is 5.82. The maximum atomic E-state index is 12.4. The second-order valence-corrected chi connectivity index (χ2v) is 7.06. The van der Waals surface area contributed by atoms with Gasteiger partial charge in [0.25, 0.3) is 0 Å². The summed E-state index contributed by atoms with van der Waals surface area (Å²) < 4.78 is 31.3. The number of methoxy groups -OCH3 is 1. The van der Waals surface area contributed by atoms with Gasteiger partial charge in [0, 0.05) is 14.1 Å². The molecule has 4 nitrogen and oxygen atoms in total. The minimum atomic E-state index is -3.31. The fourth-order valence-corrected chi connectivity index (χ4v) is 3.44. The van der Waals surface area contributed by atoms with Crippen LogP contribution in [0.25, 0.3) is 0 Å². The van der Waals surface area contributed by atoms with E-state index >= 15 is 0 Å². The first-order valence-electron chi connectivity index (χ1n) is 6.48. The summed E-state index contributed by atoms with van der Waals surface area (Å²) in [6.07, 6.45) is 2.49. The van der Waals surface area contributed by atoms with Crippen molar-refractivity contribution in [1.82, 2.24) is 4.31 Å². The van der Waals surface area contributed by atoms with Crippen LogP contribution in [0, 0.1) is 0 Å². The Labute approximate surface area is 116 Å². The van der Waals surface area contributed by atoms with Crippen molar-refractivity contribution in [3.8, 4) is 5.75 Å². The zero-order valence-electron chi connectivity index (χ0n) is 12.1. The summed E-state index contributed by atoms with van der Waals surface area (Å²) in [5.41, 5.74) is 0.793. The Hall–Kier alpha value is -1.07. The molecule has 0 aliphatic carbocycles. The molecule has 5 heteroatoms. The minimum Gasteiger partial charge on any atom is -0.497 e. The number of sulfonamides is 1. The smallest absolute Gasteiger partial charge is 0.220 e. The molecule has 0 aliphatic rings. The fourth-order valence-electron chi connectivity index (χ4n) is 1.97. The van der Waals surface area contributed by atoms with Gasteiger partial charge < -0.3 is 4.74 Å². The Balaban J connectivity index is 3.16. The molecule has 1 atom stereocenters. The van der Waals surface area contributed by atoms with E-state index in [1.54, 1.807) is 27.3 Å². The van der Waals surface area contributed by atoms with Crippen molar-refractivity contribution in [1.29, 1.82) is 0 Å². The van der Waals surface area contributed by atoms with Gasteiger partial charge >= 0.3 is 0 Å². The lowest BCUT2D eigenvalue weighted by Gasteiger charge is -2.22. The molecule has 1 aromatic carbocycles. The maximum absolute atomic E-state index is 12.4. The van der Waals surface area contributed by atoms with Crippen LogP contribution >= 0.6 is 0 Å². The summed E-state index contributed by atoms with van der Waals surface area (Å²) in [6, 6.07) is 7.31. The molecule has 1 aromatic rings. The highest BCUT2D eigenvalue weighted by Gasteiger charge is 2.28. The predicted molar refractivity (Wildman–Crippen MR) is 77.9 cm³/mol. The lowest BCUT2D eigenvalue weighted by atomic mass is 10.1.